The zero-order valence-corrected chi connectivity index (χ0v) is 6.68. The van der Waals surface area contributed by atoms with E-state index in [1.165, 1.54) is 5.57 Å². The van der Waals surface area contributed by atoms with Gasteiger partial charge in [-0.05, 0) is 18.8 Å². The molecule has 0 radical (unpaired) electrons. The molecule has 0 bridgehead atoms. The van der Waals surface area contributed by atoms with Crippen molar-refractivity contribution in [2.45, 2.75) is 26.7 Å². The third-order valence-corrected chi connectivity index (χ3v) is 2.43. The quantitative estimate of drug-likeness (QED) is 0.422. The van der Waals surface area contributed by atoms with Gasteiger partial charge < -0.3 is 4.79 Å². The Bertz CT molecular complexity index is 160. The van der Waals surface area contributed by atoms with Gasteiger partial charge in [0.2, 0.25) is 0 Å². The molecule has 0 N–H and O–H groups in total. The first-order valence-corrected chi connectivity index (χ1v) is 3.69. The standard InChI is InChI=1S/C9H14O/c1-7-4-8(5-7)9(2,3)6-10/h6,8H,1,4-5H2,2-3H3. The van der Waals surface area contributed by atoms with Crippen molar-refractivity contribution in [3.8, 4) is 0 Å². The largest absolute Gasteiger partial charge is 0.303 e. The van der Waals surface area contributed by atoms with E-state index in [9.17, 15) is 4.79 Å². The molecule has 0 saturated heterocycles. The van der Waals surface area contributed by atoms with E-state index in [1.54, 1.807) is 0 Å². The van der Waals surface area contributed by atoms with Crippen molar-refractivity contribution in [2.75, 3.05) is 0 Å². The number of allylic oxidation sites excluding steroid dienone is 1. The van der Waals surface area contributed by atoms with Crippen LogP contribution in [0.25, 0.3) is 0 Å². The lowest BCUT2D eigenvalue weighted by Gasteiger charge is -2.37. The van der Waals surface area contributed by atoms with Crippen LogP contribution in [0.1, 0.15) is 26.7 Å². The van der Waals surface area contributed by atoms with Crippen molar-refractivity contribution in [2.24, 2.45) is 11.3 Å². The minimum absolute atomic E-state index is 0.124. The fourth-order valence-electron chi connectivity index (χ4n) is 1.26. The average Bonchev–Trinajstić information content (AvgIpc) is 1.81. The van der Waals surface area contributed by atoms with Crippen LogP contribution < -0.4 is 0 Å². The summed E-state index contributed by atoms with van der Waals surface area (Å²) in [6.07, 6.45) is 3.15. The molecule has 1 rings (SSSR count). The molecular weight excluding hydrogens is 124 g/mol. The van der Waals surface area contributed by atoms with Gasteiger partial charge >= 0.3 is 0 Å². The number of rotatable bonds is 2. The molecule has 56 valence electrons. The van der Waals surface area contributed by atoms with Gasteiger partial charge in [-0.3, -0.25) is 0 Å². The van der Waals surface area contributed by atoms with Gasteiger partial charge in [-0.2, -0.15) is 0 Å². The maximum absolute atomic E-state index is 10.5. The van der Waals surface area contributed by atoms with Crippen molar-refractivity contribution in [3.05, 3.63) is 12.2 Å². The van der Waals surface area contributed by atoms with Crippen LogP contribution in [0, 0.1) is 11.3 Å². The van der Waals surface area contributed by atoms with Crippen LogP contribution >= 0.6 is 0 Å². The number of hydrogen-bond acceptors (Lipinski definition) is 1. The summed E-state index contributed by atoms with van der Waals surface area (Å²) in [5.74, 6) is 0.553. The van der Waals surface area contributed by atoms with Gasteiger partial charge in [-0.1, -0.05) is 26.0 Å². The van der Waals surface area contributed by atoms with Crippen LogP contribution in [-0.2, 0) is 4.79 Å². The first-order valence-electron chi connectivity index (χ1n) is 3.69. The molecule has 1 aliphatic rings. The molecule has 0 heterocycles. The summed E-state index contributed by atoms with van der Waals surface area (Å²) in [4.78, 5) is 10.5. The third-order valence-electron chi connectivity index (χ3n) is 2.43. The second kappa shape index (κ2) is 2.22. The van der Waals surface area contributed by atoms with Crippen LogP contribution in [0.15, 0.2) is 12.2 Å². The van der Waals surface area contributed by atoms with Crippen LogP contribution in [0.2, 0.25) is 0 Å². The summed E-state index contributed by atoms with van der Waals surface area (Å²) in [6.45, 7) is 7.84. The normalized spacial score (nSPS) is 20.4. The predicted octanol–water partition coefficient (Wildman–Crippen LogP) is 2.18. The van der Waals surface area contributed by atoms with Crippen molar-refractivity contribution < 1.29 is 4.79 Å². The Morgan fingerprint density at radius 3 is 2.40 bits per heavy atom. The number of carbonyl (C=O) groups excluding carboxylic acids is 1. The van der Waals surface area contributed by atoms with E-state index in [0.717, 1.165) is 19.1 Å². The second-order valence-corrected chi connectivity index (χ2v) is 3.79. The van der Waals surface area contributed by atoms with E-state index in [2.05, 4.69) is 6.58 Å². The lowest BCUT2D eigenvalue weighted by Crippen LogP contribution is -2.32. The Balaban J connectivity index is 2.51. The van der Waals surface area contributed by atoms with E-state index in [1.807, 2.05) is 13.8 Å². The van der Waals surface area contributed by atoms with E-state index >= 15 is 0 Å². The molecule has 1 saturated carbocycles. The summed E-state index contributed by atoms with van der Waals surface area (Å²) < 4.78 is 0. The minimum atomic E-state index is -0.124. The van der Waals surface area contributed by atoms with E-state index in [-0.39, 0.29) is 5.41 Å². The maximum atomic E-state index is 10.5. The van der Waals surface area contributed by atoms with Gasteiger partial charge in [0.25, 0.3) is 0 Å². The van der Waals surface area contributed by atoms with Gasteiger partial charge in [-0.15, -0.1) is 0 Å². The maximum Gasteiger partial charge on any atom is 0.125 e. The second-order valence-electron chi connectivity index (χ2n) is 3.79. The molecule has 0 aromatic heterocycles. The van der Waals surface area contributed by atoms with E-state index in [0.29, 0.717) is 5.92 Å². The molecule has 0 aliphatic heterocycles. The van der Waals surface area contributed by atoms with Crippen molar-refractivity contribution in [1.82, 2.24) is 0 Å². The molecule has 0 aromatic carbocycles. The Hall–Kier alpha value is -0.590. The first kappa shape index (κ1) is 7.52. The zero-order valence-electron chi connectivity index (χ0n) is 6.68. The Morgan fingerprint density at radius 1 is 1.60 bits per heavy atom. The highest BCUT2D eigenvalue weighted by Crippen LogP contribution is 2.42. The topological polar surface area (TPSA) is 17.1 Å². The van der Waals surface area contributed by atoms with Gasteiger partial charge in [0, 0.05) is 5.41 Å². The first-order chi connectivity index (χ1) is 4.56. The molecule has 0 amide bonds. The average molecular weight is 138 g/mol. The minimum Gasteiger partial charge on any atom is -0.303 e. The van der Waals surface area contributed by atoms with Crippen molar-refractivity contribution in [3.63, 3.8) is 0 Å². The fourth-order valence-corrected chi connectivity index (χ4v) is 1.26. The molecule has 0 aromatic rings. The van der Waals surface area contributed by atoms with Crippen molar-refractivity contribution >= 4 is 6.29 Å². The van der Waals surface area contributed by atoms with Crippen LogP contribution in [0.4, 0.5) is 0 Å². The Morgan fingerprint density at radius 2 is 2.10 bits per heavy atom. The molecule has 1 heteroatoms. The van der Waals surface area contributed by atoms with Gasteiger partial charge in [0.15, 0.2) is 0 Å². The van der Waals surface area contributed by atoms with Gasteiger partial charge in [0.1, 0.15) is 6.29 Å². The van der Waals surface area contributed by atoms with Crippen LogP contribution in [-0.4, -0.2) is 6.29 Å². The lowest BCUT2D eigenvalue weighted by atomic mass is 9.66. The molecule has 1 aliphatic carbocycles. The molecule has 10 heavy (non-hydrogen) atoms. The predicted molar refractivity (Wildman–Crippen MR) is 41.7 cm³/mol. The van der Waals surface area contributed by atoms with E-state index < -0.39 is 0 Å². The van der Waals surface area contributed by atoms with Gasteiger partial charge in [0.05, 0.1) is 0 Å². The van der Waals surface area contributed by atoms with Crippen LogP contribution in [0.5, 0.6) is 0 Å². The number of aldehydes is 1. The zero-order chi connectivity index (χ0) is 7.78. The van der Waals surface area contributed by atoms with Crippen LogP contribution in [0.3, 0.4) is 0 Å². The lowest BCUT2D eigenvalue weighted by molar-refractivity contribution is -0.117. The highest BCUT2D eigenvalue weighted by atomic mass is 16.1. The Kier molecular flexibility index (Phi) is 1.67. The third kappa shape index (κ3) is 1.13. The fraction of sp³-hybridized carbons (Fsp3) is 0.667. The van der Waals surface area contributed by atoms with E-state index in [4.69, 9.17) is 0 Å². The summed E-state index contributed by atoms with van der Waals surface area (Å²) >= 11 is 0. The summed E-state index contributed by atoms with van der Waals surface area (Å²) in [5.41, 5.74) is 1.17. The molecule has 0 unspecified atom stereocenters. The van der Waals surface area contributed by atoms with Gasteiger partial charge in [-0.25, -0.2) is 0 Å². The Labute approximate surface area is 62.1 Å². The molecule has 1 nitrogen and oxygen atoms in total. The van der Waals surface area contributed by atoms with Crippen molar-refractivity contribution in [1.29, 1.82) is 0 Å². The molecule has 0 atom stereocenters. The summed E-state index contributed by atoms with van der Waals surface area (Å²) in [5, 5.41) is 0. The number of carbonyl (C=O) groups is 1. The summed E-state index contributed by atoms with van der Waals surface area (Å²) in [7, 11) is 0. The molecular formula is C9H14O. The SMILES string of the molecule is C=C1CC(C(C)(C)C=O)C1. The molecule has 1 fully saturated rings. The smallest absolute Gasteiger partial charge is 0.125 e. The highest BCUT2D eigenvalue weighted by Gasteiger charge is 2.35. The highest BCUT2D eigenvalue weighted by molar-refractivity contribution is 5.59. The monoisotopic (exact) mass is 138 g/mol. The summed E-state index contributed by atoms with van der Waals surface area (Å²) in [6, 6.07) is 0. The molecule has 0 spiro atoms. The number of hydrogen-bond donors (Lipinski definition) is 0.